The van der Waals surface area contributed by atoms with Crippen LogP contribution in [0.25, 0.3) is 0 Å². The van der Waals surface area contributed by atoms with Gasteiger partial charge in [-0.2, -0.15) is 0 Å². The van der Waals surface area contributed by atoms with Crippen LogP contribution in [-0.2, 0) is 0 Å². The lowest BCUT2D eigenvalue weighted by Gasteiger charge is -2.26. The highest BCUT2D eigenvalue weighted by Crippen LogP contribution is 2.28. The lowest BCUT2D eigenvalue weighted by Crippen LogP contribution is -2.33. The summed E-state index contributed by atoms with van der Waals surface area (Å²) in [5, 5.41) is 3.18. The quantitative estimate of drug-likeness (QED) is 0.559. The van der Waals surface area contributed by atoms with Gasteiger partial charge in [0, 0.05) is 0 Å². The van der Waals surface area contributed by atoms with Crippen molar-refractivity contribution in [1.82, 2.24) is 5.32 Å². The van der Waals surface area contributed by atoms with Crippen molar-refractivity contribution >= 4 is 11.6 Å². The van der Waals surface area contributed by atoms with Crippen molar-refractivity contribution < 1.29 is 4.39 Å². The molecule has 1 nitrogen and oxygen atoms in total. The van der Waals surface area contributed by atoms with Crippen LogP contribution in [0, 0.1) is 5.82 Å². The lowest BCUT2D eigenvalue weighted by molar-refractivity contribution is 0.431. The molecule has 1 saturated heterocycles. The van der Waals surface area contributed by atoms with Crippen molar-refractivity contribution in [2.75, 3.05) is 6.54 Å². The monoisotopic (exact) mass is 213 g/mol. The van der Waals surface area contributed by atoms with Crippen LogP contribution in [-0.4, -0.2) is 12.0 Å². The Balaban J connectivity index is 2.10. The number of hydrogen-bond acceptors (Lipinski definition) is 1. The summed E-state index contributed by atoms with van der Waals surface area (Å²) in [5.41, 5.74) is 1.25. The van der Waals surface area contributed by atoms with Gasteiger partial charge in [-0.1, -0.05) is 12.1 Å². The van der Waals surface area contributed by atoms with E-state index in [4.69, 9.17) is 11.6 Å². The lowest BCUT2D eigenvalue weighted by atomic mass is 9.90. The third-order valence-corrected chi connectivity index (χ3v) is 3.02. The number of benzene rings is 1. The van der Waals surface area contributed by atoms with Gasteiger partial charge in [-0.15, -0.1) is 11.6 Å². The molecule has 2 unspecified atom stereocenters. The van der Waals surface area contributed by atoms with Crippen molar-refractivity contribution in [1.29, 1.82) is 0 Å². The molecule has 1 N–H and O–H groups in total. The molecule has 2 atom stereocenters. The smallest absolute Gasteiger partial charge is 0.123 e. The molecular formula is C11H13ClFN. The predicted octanol–water partition coefficient (Wildman–Crippen LogP) is 2.86. The van der Waals surface area contributed by atoms with Crippen molar-refractivity contribution in [3.8, 4) is 0 Å². The molecule has 2 rings (SSSR count). The van der Waals surface area contributed by atoms with Gasteiger partial charge in [-0.25, -0.2) is 4.39 Å². The number of rotatable bonds is 1. The van der Waals surface area contributed by atoms with Gasteiger partial charge >= 0.3 is 0 Å². The first-order chi connectivity index (χ1) is 6.75. The summed E-state index contributed by atoms with van der Waals surface area (Å²) >= 11 is 6.01. The zero-order valence-corrected chi connectivity index (χ0v) is 8.60. The third kappa shape index (κ3) is 2.25. The van der Waals surface area contributed by atoms with Crippen LogP contribution in [0.4, 0.5) is 4.39 Å². The van der Waals surface area contributed by atoms with Gasteiger partial charge in [-0.3, -0.25) is 0 Å². The van der Waals surface area contributed by atoms with Crippen LogP contribution in [0.2, 0.25) is 0 Å². The van der Waals surface area contributed by atoms with Crippen molar-refractivity contribution in [3.05, 3.63) is 35.6 Å². The molecule has 0 saturated carbocycles. The minimum absolute atomic E-state index is 0.0544. The van der Waals surface area contributed by atoms with Crippen LogP contribution >= 0.6 is 11.6 Å². The molecule has 1 fully saturated rings. The Labute approximate surface area is 88.3 Å². The minimum atomic E-state index is -0.176. The molecule has 1 aromatic rings. The predicted molar refractivity (Wildman–Crippen MR) is 56.0 cm³/mol. The number of piperidine rings is 1. The molecular weight excluding hydrogens is 201 g/mol. The third-order valence-electron chi connectivity index (χ3n) is 2.69. The van der Waals surface area contributed by atoms with Gasteiger partial charge in [0.2, 0.25) is 0 Å². The molecule has 3 heteroatoms. The second kappa shape index (κ2) is 4.28. The van der Waals surface area contributed by atoms with Gasteiger partial charge in [0.15, 0.2) is 0 Å². The van der Waals surface area contributed by atoms with E-state index in [1.807, 2.05) is 12.1 Å². The molecule has 0 radical (unpaired) electrons. The fraction of sp³-hybridized carbons (Fsp3) is 0.455. The zero-order chi connectivity index (χ0) is 9.97. The minimum Gasteiger partial charge on any atom is -0.301 e. The molecule has 0 aliphatic carbocycles. The maximum absolute atomic E-state index is 12.7. The average molecular weight is 214 g/mol. The van der Waals surface area contributed by atoms with E-state index in [0.717, 1.165) is 19.4 Å². The van der Waals surface area contributed by atoms with E-state index in [-0.39, 0.29) is 11.3 Å². The maximum Gasteiger partial charge on any atom is 0.123 e. The molecule has 14 heavy (non-hydrogen) atoms. The maximum atomic E-state index is 12.7. The number of hydrogen-bond donors (Lipinski definition) is 1. The first-order valence-corrected chi connectivity index (χ1v) is 5.32. The largest absolute Gasteiger partial charge is 0.301 e. The van der Waals surface area contributed by atoms with Crippen LogP contribution in [0.5, 0.6) is 0 Å². The molecule has 1 heterocycles. The van der Waals surface area contributed by atoms with E-state index < -0.39 is 0 Å². The Morgan fingerprint density at radius 1 is 1.29 bits per heavy atom. The Morgan fingerprint density at radius 2 is 2.00 bits per heavy atom. The molecule has 76 valence electrons. The molecule has 1 aliphatic rings. The molecule has 0 spiro atoms. The molecule has 0 bridgehead atoms. The van der Waals surface area contributed by atoms with Crippen LogP contribution in [0.15, 0.2) is 24.3 Å². The Bertz CT molecular complexity index is 299. The van der Waals surface area contributed by atoms with Gasteiger partial charge in [0.25, 0.3) is 0 Å². The van der Waals surface area contributed by atoms with Gasteiger partial charge in [0.1, 0.15) is 5.82 Å². The number of nitrogens with one attached hydrogen (secondary N) is 1. The van der Waals surface area contributed by atoms with E-state index in [9.17, 15) is 4.39 Å². The zero-order valence-electron chi connectivity index (χ0n) is 7.84. The van der Waals surface area contributed by atoms with Crippen molar-refractivity contribution in [2.45, 2.75) is 24.3 Å². The van der Waals surface area contributed by atoms with Gasteiger partial charge in [-0.05, 0) is 43.0 Å². The Kier molecular flexibility index (Phi) is 3.04. The summed E-state index contributed by atoms with van der Waals surface area (Å²) in [5.74, 6) is 0.296. The SMILES string of the molecule is Fc1ccc(C2CCNC(Cl)C2)cc1. The van der Waals surface area contributed by atoms with E-state index in [1.54, 1.807) is 0 Å². The van der Waals surface area contributed by atoms with E-state index in [2.05, 4.69) is 5.32 Å². The van der Waals surface area contributed by atoms with E-state index in [1.165, 1.54) is 17.7 Å². The summed E-state index contributed by atoms with van der Waals surface area (Å²) in [4.78, 5) is 0. The van der Waals surface area contributed by atoms with Crippen LogP contribution < -0.4 is 5.32 Å². The fourth-order valence-electron chi connectivity index (χ4n) is 1.90. The highest BCUT2D eigenvalue weighted by atomic mass is 35.5. The normalized spacial score (nSPS) is 27.6. The highest BCUT2D eigenvalue weighted by Gasteiger charge is 2.20. The Hall–Kier alpha value is -0.600. The summed E-state index contributed by atoms with van der Waals surface area (Å²) < 4.78 is 12.7. The standard InChI is InChI=1S/C11H13ClFN/c12-11-7-9(5-6-14-11)8-1-3-10(13)4-2-8/h1-4,9,11,14H,5-7H2. The van der Waals surface area contributed by atoms with Crippen LogP contribution in [0.1, 0.15) is 24.3 Å². The first-order valence-electron chi connectivity index (χ1n) is 4.88. The number of alkyl halides is 1. The molecule has 1 aliphatic heterocycles. The summed E-state index contributed by atoms with van der Waals surface area (Å²) in [6.45, 7) is 0.941. The van der Waals surface area contributed by atoms with Crippen molar-refractivity contribution in [3.63, 3.8) is 0 Å². The van der Waals surface area contributed by atoms with Gasteiger partial charge in [0.05, 0.1) is 5.50 Å². The highest BCUT2D eigenvalue weighted by molar-refractivity contribution is 6.20. The number of halogens is 2. The summed E-state index contributed by atoms with van der Waals surface area (Å²) in [6, 6.07) is 6.74. The van der Waals surface area contributed by atoms with Crippen LogP contribution in [0.3, 0.4) is 0 Å². The van der Waals surface area contributed by atoms with E-state index in [0.29, 0.717) is 5.92 Å². The summed E-state index contributed by atoms with van der Waals surface area (Å²) in [6.07, 6.45) is 2.00. The second-order valence-electron chi connectivity index (χ2n) is 3.69. The second-order valence-corrected chi connectivity index (χ2v) is 4.22. The van der Waals surface area contributed by atoms with Gasteiger partial charge < -0.3 is 5.32 Å². The summed E-state index contributed by atoms with van der Waals surface area (Å²) in [7, 11) is 0. The van der Waals surface area contributed by atoms with Crippen molar-refractivity contribution in [2.24, 2.45) is 0 Å². The fourth-order valence-corrected chi connectivity index (χ4v) is 2.23. The Morgan fingerprint density at radius 3 is 2.64 bits per heavy atom. The molecule has 0 amide bonds. The first kappa shape index (κ1) is 9.94. The molecule has 1 aromatic carbocycles. The van der Waals surface area contributed by atoms with E-state index >= 15 is 0 Å². The topological polar surface area (TPSA) is 12.0 Å². The average Bonchev–Trinajstić information content (AvgIpc) is 2.19. The molecule has 0 aromatic heterocycles.